The van der Waals surface area contributed by atoms with E-state index in [-0.39, 0.29) is 6.42 Å². The Kier molecular flexibility index (Phi) is 7.38. The van der Waals surface area contributed by atoms with E-state index in [1.165, 1.54) is 33.5 Å². The van der Waals surface area contributed by atoms with Gasteiger partial charge in [-0.25, -0.2) is 4.79 Å². The molecule has 0 heterocycles. The van der Waals surface area contributed by atoms with Crippen molar-refractivity contribution in [3.8, 4) is 11.5 Å². The third-order valence-electron chi connectivity index (χ3n) is 3.75. The Balaban J connectivity index is 1.83. The molecule has 2 aromatic carbocycles. The zero-order valence-electron chi connectivity index (χ0n) is 15.8. The van der Waals surface area contributed by atoms with Crippen LogP contribution in [0, 0.1) is 0 Å². The first kappa shape index (κ1) is 20.8. The van der Waals surface area contributed by atoms with Gasteiger partial charge in [-0.15, -0.1) is 0 Å². The van der Waals surface area contributed by atoms with E-state index in [2.05, 4.69) is 10.1 Å². The minimum atomic E-state index is -0.552. The van der Waals surface area contributed by atoms with Gasteiger partial charge in [0.1, 0.15) is 0 Å². The third-order valence-corrected chi connectivity index (χ3v) is 3.75. The second-order valence-corrected chi connectivity index (χ2v) is 5.64. The molecule has 8 heteroatoms. The van der Waals surface area contributed by atoms with Crippen LogP contribution >= 0.6 is 0 Å². The summed E-state index contributed by atoms with van der Waals surface area (Å²) in [4.78, 5) is 35.2. The molecule has 0 radical (unpaired) electrons. The van der Waals surface area contributed by atoms with E-state index >= 15 is 0 Å². The average Bonchev–Trinajstić information content (AvgIpc) is 2.72. The van der Waals surface area contributed by atoms with Gasteiger partial charge in [-0.05, 0) is 42.0 Å². The van der Waals surface area contributed by atoms with Crippen LogP contribution < -0.4 is 14.8 Å². The molecule has 2 aromatic rings. The van der Waals surface area contributed by atoms with Crippen molar-refractivity contribution in [2.75, 3.05) is 33.3 Å². The number of carbonyl (C=O) groups excluding carboxylic acids is 3. The second kappa shape index (κ2) is 9.96. The van der Waals surface area contributed by atoms with Crippen molar-refractivity contribution in [1.29, 1.82) is 0 Å². The van der Waals surface area contributed by atoms with Crippen molar-refractivity contribution in [2.45, 2.75) is 6.42 Å². The monoisotopic (exact) mass is 387 g/mol. The summed E-state index contributed by atoms with van der Waals surface area (Å²) in [6.45, 7) is -0.426. The molecular formula is C20H21NO7. The fraction of sp³-hybridized carbons (Fsp3) is 0.250. The summed E-state index contributed by atoms with van der Waals surface area (Å²) in [5.41, 5.74) is 1.50. The minimum absolute atomic E-state index is 0.0124. The predicted octanol–water partition coefficient (Wildman–Crippen LogP) is 2.21. The van der Waals surface area contributed by atoms with Crippen LogP contribution in [0.4, 0.5) is 5.69 Å². The number of hydrogen-bond acceptors (Lipinski definition) is 7. The molecule has 0 saturated carbocycles. The SMILES string of the molecule is COC(=O)c1ccc(NC(=O)COC(=O)Cc2ccc(OC)c(OC)c2)cc1. The Labute approximate surface area is 162 Å². The lowest BCUT2D eigenvalue weighted by molar-refractivity contribution is -0.146. The fourth-order valence-electron chi connectivity index (χ4n) is 2.36. The first-order chi connectivity index (χ1) is 13.5. The lowest BCUT2D eigenvalue weighted by Gasteiger charge is -2.10. The van der Waals surface area contributed by atoms with E-state index < -0.39 is 24.5 Å². The van der Waals surface area contributed by atoms with Crippen molar-refractivity contribution < 1.29 is 33.3 Å². The summed E-state index contributed by atoms with van der Waals surface area (Å²) >= 11 is 0. The number of rotatable bonds is 8. The molecule has 148 valence electrons. The summed E-state index contributed by atoms with van der Waals surface area (Å²) in [6.07, 6.45) is -0.0124. The van der Waals surface area contributed by atoms with E-state index in [9.17, 15) is 14.4 Å². The highest BCUT2D eigenvalue weighted by Crippen LogP contribution is 2.27. The fourth-order valence-corrected chi connectivity index (χ4v) is 2.36. The number of methoxy groups -OCH3 is 3. The summed E-state index contributed by atoms with van der Waals surface area (Å²) in [5.74, 6) is -0.463. The molecular weight excluding hydrogens is 366 g/mol. The number of hydrogen-bond donors (Lipinski definition) is 1. The van der Waals surface area contributed by atoms with Gasteiger partial charge in [0.05, 0.1) is 33.3 Å². The Morgan fingerprint density at radius 2 is 1.57 bits per heavy atom. The van der Waals surface area contributed by atoms with Gasteiger partial charge in [0.2, 0.25) is 0 Å². The summed E-state index contributed by atoms with van der Waals surface area (Å²) in [6, 6.07) is 11.2. The first-order valence-corrected chi connectivity index (χ1v) is 8.31. The predicted molar refractivity (Wildman–Crippen MR) is 101 cm³/mol. The molecule has 8 nitrogen and oxygen atoms in total. The molecule has 0 unspecified atom stereocenters. The lowest BCUT2D eigenvalue weighted by Crippen LogP contribution is -2.21. The van der Waals surface area contributed by atoms with Crippen LogP contribution in [0.2, 0.25) is 0 Å². The van der Waals surface area contributed by atoms with Gasteiger partial charge in [0.25, 0.3) is 5.91 Å². The van der Waals surface area contributed by atoms with Gasteiger partial charge in [-0.3, -0.25) is 9.59 Å². The van der Waals surface area contributed by atoms with Crippen LogP contribution in [0.15, 0.2) is 42.5 Å². The van der Waals surface area contributed by atoms with E-state index in [4.69, 9.17) is 14.2 Å². The molecule has 0 bridgehead atoms. The number of benzene rings is 2. The Bertz CT molecular complexity index is 846. The topological polar surface area (TPSA) is 100 Å². The molecule has 0 aliphatic carbocycles. The number of carbonyl (C=O) groups is 3. The molecule has 1 N–H and O–H groups in total. The van der Waals surface area contributed by atoms with E-state index in [0.29, 0.717) is 28.3 Å². The van der Waals surface area contributed by atoms with Gasteiger partial charge in [0.15, 0.2) is 18.1 Å². The molecule has 0 spiro atoms. The maximum atomic E-state index is 12.0. The van der Waals surface area contributed by atoms with Crippen molar-refractivity contribution in [2.24, 2.45) is 0 Å². The van der Waals surface area contributed by atoms with Crippen LogP contribution in [0.1, 0.15) is 15.9 Å². The lowest BCUT2D eigenvalue weighted by atomic mass is 10.1. The molecule has 28 heavy (non-hydrogen) atoms. The maximum Gasteiger partial charge on any atom is 0.337 e. The standard InChI is InChI=1S/C20H21NO7/c1-25-16-9-4-13(10-17(16)26-2)11-19(23)28-12-18(22)21-15-7-5-14(6-8-15)20(24)27-3/h4-10H,11-12H2,1-3H3,(H,21,22). The number of ether oxygens (including phenoxy) is 4. The summed E-state index contributed by atoms with van der Waals surface area (Å²) in [5, 5.41) is 2.57. The van der Waals surface area contributed by atoms with E-state index in [1.54, 1.807) is 30.3 Å². The van der Waals surface area contributed by atoms with Crippen LogP contribution in [0.3, 0.4) is 0 Å². The largest absolute Gasteiger partial charge is 0.493 e. The third kappa shape index (κ3) is 5.73. The molecule has 0 aromatic heterocycles. The molecule has 0 saturated heterocycles. The maximum absolute atomic E-state index is 12.0. The Morgan fingerprint density at radius 3 is 2.18 bits per heavy atom. The van der Waals surface area contributed by atoms with Gasteiger partial charge >= 0.3 is 11.9 Å². The number of esters is 2. The van der Waals surface area contributed by atoms with Crippen molar-refractivity contribution >= 4 is 23.5 Å². The molecule has 0 atom stereocenters. The average molecular weight is 387 g/mol. The van der Waals surface area contributed by atoms with E-state index in [0.717, 1.165) is 0 Å². The zero-order valence-corrected chi connectivity index (χ0v) is 15.8. The van der Waals surface area contributed by atoms with Gasteiger partial charge in [0, 0.05) is 5.69 Å². The normalized spacial score (nSPS) is 9.96. The smallest absolute Gasteiger partial charge is 0.337 e. The van der Waals surface area contributed by atoms with Crippen molar-refractivity contribution in [3.05, 3.63) is 53.6 Å². The van der Waals surface area contributed by atoms with E-state index in [1.807, 2.05) is 0 Å². The highest BCUT2D eigenvalue weighted by Gasteiger charge is 2.12. The molecule has 0 fully saturated rings. The molecule has 2 rings (SSSR count). The second-order valence-electron chi connectivity index (χ2n) is 5.64. The minimum Gasteiger partial charge on any atom is -0.493 e. The highest BCUT2D eigenvalue weighted by atomic mass is 16.5. The molecule has 0 aliphatic rings. The quantitative estimate of drug-likeness (QED) is 0.693. The Morgan fingerprint density at radius 1 is 0.893 bits per heavy atom. The highest BCUT2D eigenvalue weighted by molar-refractivity contribution is 5.94. The summed E-state index contributed by atoms with van der Waals surface area (Å²) < 4.78 is 19.9. The van der Waals surface area contributed by atoms with Crippen LogP contribution in [-0.4, -0.2) is 45.8 Å². The van der Waals surface area contributed by atoms with Crippen molar-refractivity contribution in [1.82, 2.24) is 0 Å². The van der Waals surface area contributed by atoms with Crippen LogP contribution in [-0.2, 0) is 25.5 Å². The van der Waals surface area contributed by atoms with Crippen LogP contribution in [0.25, 0.3) is 0 Å². The van der Waals surface area contributed by atoms with Gasteiger partial charge in [-0.1, -0.05) is 6.07 Å². The number of nitrogens with one attached hydrogen (secondary N) is 1. The first-order valence-electron chi connectivity index (χ1n) is 8.31. The van der Waals surface area contributed by atoms with Crippen LogP contribution in [0.5, 0.6) is 11.5 Å². The Hall–Kier alpha value is -3.55. The zero-order chi connectivity index (χ0) is 20.5. The molecule has 1 amide bonds. The van der Waals surface area contributed by atoms with Gasteiger partial charge in [-0.2, -0.15) is 0 Å². The van der Waals surface area contributed by atoms with Crippen molar-refractivity contribution in [3.63, 3.8) is 0 Å². The number of anilines is 1. The summed E-state index contributed by atoms with van der Waals surface area (Å²) in [7, 11) is 4.31. The van der Waals surface area contributed by atoms with Gasteiger partial charge < -0.3 is 24.3 Å². The number of amides is 1. The molecule has 0 aliphatic heterocycles.